The molecular formula is C12H9N2O3S-. The number of amides is 1. The van der Waals surface area contributed by atoms with E-state index in [1.165, 1.54) is 11.3 Å². The first-order valence-electron chi connectivity index (χ1n) is 5.12. The molecule has 1 amide bonds. The van der Waals surface area contributed by atoms with Crippen molar-refractivity contribution in [3.8, 4) is 0 Å². The molecule has 0 spiro atoms. The lowest BCUT2D eigenvalue weighted by Crippen LogP contribution is -2.20. The highest BCUT2D eigenvalue weighted by molar-refractivity contribution is 7.22. The zero-order valence-corrected chi connectivity index (χ0v) is 10.3. The summed E-state index contributed by atoms with van der Waals surface area (Å²) in [6.07, 6.45) is 1.57. The van der Waals surface area contributed by atoms with E-state index >= 15 is 0 Å². The molecule has 1 N–H and O–H groups in total. The minimum atomic E-state index is -1.41. The standard InChI is InChI=1S/C12H10N2O3S/c1-7-2-3-8-9(6-7)18-12(13-8)14-10(15)4-5-11(16)17/h2-6H,1H3,(H,16,17)(H,13,14,15)/p-1/b5-4+. The number of fused-ring (bicyclic) bond motifs is 1. The van der Waals surface area contributed by atoms with Crippen molar-refractivity contribution in [2.24, 2.45) is 0 Å². The second-order valence-corrected chi connectivity index (χ2v) is 4.66. The first-order chi connectivity index (χ1) is 8.54. The molecule has 2 aromatic rings. The zero-order valence-electron chi connectivity index (χ0n) is 9.47. The molecule has 0 radical (unpaired) electrons. The third-order valence-corrected chi connectivity index (χ3v) is 3.08. The molecule has 18 heavy (non-hydrogen) atoms. The molecule has 92 valence electrons. The smallest absolute Gasteiger partial charge is 0.250 e. The van der Waals surface area contributed by atoms with Crippen molar-refractivity contribution in [2.75, 3.05) is 5.32 Å². The van der Waals surface area contributed by atoms with Crippen LogP contribution < -0.4 is 10.4 Å². The Morgan fingerprint density at radius 2 is 2.17 bits per heavy atom. The molecule has 2 rings (SSSR count). The summed E-state index contributed by atoms with van der Waals surface area (Å²) in [6, 6.07) is 5.77. The Hall–Kier alpha value is -2.21. The number of anilines is 1. The number of aliphatic carboxylic acids is 1. The topological polar surface area (TPSA) is 82.1 Å². The molecule has 6 heteroatoms. The average molecular weight is 261 g/mol. The summed E-state index contributed by atoms with van der Waals surface area (Å²) in [6.45, 7) is 1.97. The van der Waals surface area contributed by atoms with Gasteiger partial charge in [0, 0.05) is 6.08 Å². The predicted octanol–water partition coefficient (Wildman–Crippen LogP) is 0.849. The van der Waals surface area contributed by atoms with Gasteiger partial charge < -0.3 is 9.90 Å². The fraction of sp³-hybridized carbons (Fsp3) is 0.0833. The third kappa shape index (κ3) is 2.92. The van der Waals surface area contributed by atoms with Crippen LogP contribution in [0.1, 0.15) is 5.56 Å². The van der Waals surface area contributed by atoms with E-state index in [1.54, 1.807) is 0 Å². The van der Waals surface area contributed by atoms with Crippen LogP contribution in [0, 0.1) is 6.92 Å². The van der Waals surface area contributed by atoms with Gasteiger partial charge in [-0.15, -0.1) is 0 Å². The molecule has 1 heterocycles. The lowest BCUT2D eigenvalue weighted by molar-refractivity contribution is -0.297. The summed E-state index contributed by atoms with van der Waals surface area (Å²) in [5, 5.41) is 13.1. The highest BCUT2D eigenvalue weighted by Crippen LogP contribution is 2.26. The number of nitrogens with zero attached hydrogens (tertiary/aromatic N) is 1. The molecule has 0 unspecified atom stereocenters. The molecule has 0 fully saturated rings. The van der Waals surface area contributed by atoms with E-state index in [0.717, 1.165) is 21.9 Å². The van der Waals surface area contributed by atoms with E-state index in [4.69, 9.17) is 0 Å². The zero-order chi connectivity index (χ0) is 13.1. The van der Waals surface area contributed by atoms with Crippen LogP contribution in [0.25, 0.3) is 10.2 Å². The van der Waals surface area contributed by atoms with Crippen molar-refractivity contribution in [1.82, 2.24) is 4.98 Å². The number of hydrogen-bond acceptors (Lipinski definition) is 5. The van der Waals surface area contributed by atoms with Crippen LogP contribution in [-0.2, 0) is 9.59 Å². The lowest BCUT2D eigenvalue weighted by atomic mass is 10.2. The fourth-order valence-corrected chi connectivity index (χ4v) is 2.34. The minimum absolute atomic E-state index is 0.434. The number of rotatable bonds is 3. The Labute approximate surface area is 107 Å². The second-order valence-electron chi connectivity index (χ2n) is 3.63. The minimum Gasteiger partial charge on any atom is -0.545 e. The van der Waals surface area contributed by atoms with Crippen LogP contribution in [0.4, 0.5) is 5.13 Å². The van der Waals surface area contributed by atoms with Gasteiger partial charge in [-0.05, 0) is 30.7 Å². The number of carboxylic acid groups (broad SMARTS) is 1. The number of benzene rings is 1. The number of carboxylic acids is 1. The van der Waals surface area contributed by atoms with Gasteiger partial charge in [0.15, 0.2) is 5.13 Å². The largest absolute Gasteiger partial charge is 0.545 e. The van der Waals surface area contributed by atoms with Crippen molar-refractivity contribution in [3.05, 3.63) is 35.9 Å². The van der Waals surface area contributed by atoms with Crippen LogP contribution >= 0.6 is 11.3 Å². The van der Waals surface area contributed by atoms with Crippen molar-refractivity contribution >= 4 is 38.6 Å². The van der Waals surface area contributed by atoms with E-state index in [1.807, 2.05) is 25.1 Å². The Kier molecular flexibility index (Phi) is 3.38. The van der Waals surface area contributed by atoms with Gasteiger partial charge in [-0.1, -0.05) is 17.4 Å². The summed E-state index contributed by atoms with van der Waals surface area (Å²) in [7, 11) is 0. The van der Waals surface area contributed by atoms with E-state index in [-0.39, 0.29) is 0 Å². The second kappa shape index (κ2) is 4.97. The Balaban J connectivity index is 2.17. The molecule has 0 atom stereocenters. The number of aromatic nitrogens is 1. The van der Waals surface area contributed by atoms with Gasteiger partial charge in [0.25, 0.3) is 0 Å². The molecule has 5 nitrogen and oxygen atoms in total. The summed E-state index contributed by atoms with van der Waals surface area (Å²) in [5.74, 6) is -1.96. The van der Waals surface area contributed by atoms with Crippen LogP contribution in [0.2, 0.25) is 0 Å². The van der Waals surface area contributed by atoms with Gasteiger partial charge in [0.2, 0.25) is 5.91 Å². The van der Waals surface area contributed by atoms with Gasteiger partial charge in [0.05, 0.1) is 16.2 Å². The van der Waals surface area contributed by atoms with Gasteiger partial charge >= 0.3 is 0 Å². The monoisotopic (exact) mass is 261 g/mol. The summed E-state index contributed by atoms with van der Waals surface area (Å²) in [4.78, 5) is 25.7. The Morgan fingerprint density at radius 3 is 2.89 bits per heavy atom. The number of carbonyl (C=O) groups excluding carboxylic acids is 2. The van der Waals surface area contributed by atoms with E-state index in [2.05, 4.69) is 10.3 Å². The highest BCUT2D eigenvalue weighted by Gasteiger charge is 2.05. The molecular weight excluding hydrogens is 252 g/mol. The maximum absolute atomic E-state index is 11.3. The quantitative estimate of drug-likeness (QED) is 0.830. The molecule has 0 bridgehead atoms. The van der Waals surface area contributed by atoms with E-state index in [0.29, 0.717) is 11.2 Å². The third-order valence-electron chi connectivity index (χ3n) is 2.14. The fourth-order valence-electron chi connectivity index (χ4n) is 1.38. The van der Waals surface area contributed by atoms with Crippen LogP contribution in [-0.4, -0.2) is 16.9 Å². The Morgan fingerprint density at radius 1 is 1.39 bits per heavy atom. The lowest BCUT2D eigenvalue weighted by Gasteiger charge is -1.95. The van der Waals surface area contributed by atoms with Crippen molar-refractivity contribution < 1.29 is 14.7 Å². The molecule has 0 aliphatic heterocycles. The predicted molar refractivity (Wildman–Crippen MR) is 67.1 cm³/mol. The molecule has 0 saturated carbocycles. The average Bonchev–Trinajstić information content (AvgIpc) is 2.67. The maximum Gasteiger partial charge on any atom is 0.250 e. The van der Waals surface area contributed by atoms with Crippen molar-refractivity contribution in [3.63, 3.8) is 0 Å². The molecule has 0 aliphatic rings. The Bertz CT molecular complexity index is 646. The van der Waals surface area contributed by atoms with Gasteiger partial charge in [-0.25, -0.2) is 4.98 Å². The summed E-state index contributed by atoms with van der Waals surface area (Å²) >= 11 is 1.33. The first kappa shape index (κ1) is 12.3. The molecule has 1 aromatic heterocycles. The SMILES string of the molecule is Cc1ccc2nc(NC(=O)/C=C/C(=O)[O-])sc2c1. The van der Waals surface area contributed by atoms with Crippen LogP contribution in [0.3, 0.4) is 0 Å². The van der Waals surface area contributed by atoms with E-state index in [9.17, 15) is 14.7 Å². The van der Waals surface area contributed by atoms with Crippen molar-refractivity contribution in [1.29, 1.82) is 0 Å². The van der Waals surface area contributed by atoms with Gasteiger partial charge in [0.1, 0.15) is 0 Å². The number of hydrogen-bond donors (Lipinski definition) is 1. The highest BCUT2D eigenvalue weighted by atomic mass is 32.1. The summed E-state index contributed by atoms with van der Waals surface area (Å²) < 4.78 is 0.967. The number of aryl methyl sites for hydroxylation is 1. The summed E-state index contributed by atoms with van der Waals surface area (Å²) in [5.41, 5.74) is 1.91. The number of carbonyl (C=O) groups is 2. The normalized spacial score (nSPS) is 10.9. The van der Waals surface area contributed by atoms with E-state index < -0.39 is 11.9 Å². The van der Waals surface area contributed by atoms with Crippen LogP contribution in [0.5, 0.6) is 0 Å². The van der Waals surface area contributed by atoms with Gasteiger partial charge in [-0.3, -0.25) is 10.1 Å². The van der Waals surface area contributed by atoms with Gasteiger partial charge in [-0.2, -0.15) is 0 Å². The first-order valence-corrected chi connectivity index (χ1v) is 5.93. The molecule has 0 saturated heterocycles. The van der Waals surface area contributed by atoms with Crippen LogP contribution in [0.15, 0.2) is 30.4 Å². The maximum atomic E-state index is 11.3. The van der Waals surface area contributed by atoms with Crippen molar-refractivity contribution in [2.45, 2.75) is 6.92 Å². The number of nitrogens with one attached hydrogen (secondary N) is 1. The number of thiazole rings is 1. The molecule has 0 aliphatic carbocycles. The molecule has 1 aromatic carbocycles.